The van der Waals surface area contributed by atoms with Crippen LogP contribution in [0, 0.1) is 11.3 Å². The summed E-state index contributed by atoms with van der Waals surface area (Å²) in [5.74, 6) is 0.762. The van der Waals surface area contributed by atoms with Crippen molar-refractivity contribution in [2.75, 3.05) is 0 Å². The molecule has 0 bridgehead atoms. The number of nitriles is 1. The summed E-state index contributed by atoms with van der Waals surface area (Å²) in [4.78, 5) is 8.60. The molecule has 2 aromatic rings. The van der Waals surface area contributed by atoms with Gasteiger partial charge in [-0.2, -0.15) is 5.26 Å². The molecule has 0 atom stereocenters. The highest BCUT2D eigenvalue weighted by Gasteiger charge is 2.14. The van der Waals surface area contributed by atoms with E-state index in [1.807, 2.05) is 29.8 Å². The Labute approximate surface area is 102 Å². The molecule has 0 saturated carbocycles. The van der Waals surface area contributed by atoms with Crippen molar-refractivity contribution in [3.05, 3.63) is 34.7 Å². The maximum absolute atomic E-state index is 8.72. The van der Waals surface area contributed by atoms with Gasteiger partial charge in [0, 0.05) is 13.2 Å². The second-order valence-electron chi connectivity index (χ2n) is 3.28. The molecule has 0 aliphatic rings. The van der Waals surface area contributed by atoms with Crippen molar-refractivity contribution in [3.63, 3.8) is 0 Å². The summed E-state index contributed by atoms with van der Waals surface area (Å²) in [6.07, 6.45) is 2.05. The van der Waals surface area contributed by atoms with Gasteiger partial charge in [-0.15, -0.1) is 0 Å². The Hall–Kier alpha value is -1.67. The van der Waals surface area contributed by atoms with Crippen LogP contribution in [0.15, 0.2) is 29.0 Å². The van der Waals surface area contributed by atoms with Crippen molar-refractivity contribution in [1.29, 1.82) is 5.26 Å². The second-order valence-corrected chi connectivity index (χ2v) is 4.03. The fraction of sp³-hybridized carbons (Fsp3) is 0.182. The summed E-state index contributed by atoms with van der Waals surface area (Å²) in [6.45, 7) is 0. The highest BCUT2D eigenvalue weighted by Crippen LogP contribution is 2.23. The number of aromatic nitrogens is 3. The zero-order valence-electron chi connectivity index (χ0n) is 8.68. The van der Waals surface area contributed by atoms with E-state index in [1.165, 1.54) is 0 Å². The third-order valence-electron chi connectivity index (χ3n) is 2.31. The number of hydrogen-bond donors (Lipinski definition) is 0. The summed E-state index contributed by atoms with van der Waals surface area (Å²) in [6, 6.07) is 7.78. The van der Waals surface area contributed by atoms with Crippen molar-refractivity contribution in [1.82, 2.24) is 14.5 Å². The van der Waals surface area contributed by atoms with Crippen LogP contribution in [-0.2, 0) is 13.5 Å². The van der Waals surface area contributed by atoms with Gasteiger partial charge >= 0.3 is 0 Å². The SMILES string of the molecule is Cn1c(-c2ccccn2)nc(Br)c1CC#N. The van der Waals surface area contributed by atoms with E-state index in [-0.39, 0.29) is 0 Å². The molecule has 0 fully saturated rings. The van der Waals surface area contributed by atoms with Gasteiger partial charge in [-0.25, -0.2) is 4.98 Å². The summed E-state index contributed by atoms with van der Waals surface area (Å²) in [7, 11) is 1.88. The van der Waals surface area contributed by atoms with Gasteiger partial charge in [-0.1, -0.05) is 6.07 Å². The van der Waals surface area contributed by atoms with Crippen molar-refractivity contribution in [2.45, 2.75) is 6.42 Å². The molecule has 5 heteroatoms. The highest BCUT2D eigenvalue weighted by molar-refractivity contribution is 9.10. The molecule has 0 saturated heterocycles. The molecule has 4 nitrogen and oxygen atoms in total. The minimum absolute atomic E-state index is 0.330. The van der Waals surface area contributed by atoms with Gasteiger partial charge in [0.1, 0.15) is 10.3 Å². The Morgan fingerprint density at radius 2 is 2.31 bits per heavy atom. The minimum atomic E-state index is 0.330. The molecule has 0 amide bonds. The fourth-order valence-corrected chi connectivity index (χ4v) is 2.06. The minimum Gasteiger partial charge on any atom is -0.328 e. The standard InChI is InChI=1S/C11H9BrN4/c1-16-9(5-6-13)10(12)15-11(16)8-4-2-3-7-14-8/h2-4,7H,5H2,1H3. The lowest BCUT2D eigenvalue weighted by Gasteiger charge is -2.02. The van der Waals surface area contributed by atoms with Gasteiger partial charge in [0.05, 0.1) is 18.2 Å². The van der Waals surface area contributed by atoms with Crippen LogP contribution in [0.3, 0.4) is 0 Å². The van der Waals surface area contributed by atoms with E-state index in [4.69, 9.17) is 5.26 Å². The molecule has 0 aliphatic carbocycles. The first-order valence-electron chi connectivity index (χ1n) is 4.73. The van der Waals surface area contributed by atoms with Crippen molar-refractivity contribution >= 4 is 15.9 Å². The smallest absolute Gasteiger partial charge is 0.159 e. The third kappa shape index (κ3) is 1.84. The van der Waals surface area contributed by atoms with E-state index in [1.54, 1.807) is 6.20 Å². The predicted octanol–water partition coefficient (Wildman–Crippen LogP) is 2.31. The van der Waals surface area contributed by atoms with Crippen LogP contribution in [0.25, 0.3) is 11.5 Å². The van der Waals surface area contributed by atoms with Gasteiger partial charge in [0.15, 0.2) is 5.82 Å². The van der Waals surface area contributed by atoms with Crippen LogP contribution in [0.1, 0.15) is 5.69 Å². The van der Waals surface area contributed by atoms with E-state index in [0.29, 0.717) is 11.0 Å². The lowest BCUT2D eigenvalue weighted by Crippen LogP contribution is -1.99. The van der Waals surface area contributed by atoms with E-state index >= 15 is 0 Å². The first kappa shape index (κ1) is 10.8. The average molecular weight is 277 g/mol. The molecule has 80 valence electrons. The topological polar surface area (TPSA) is 54.5 Å². The Bertz CT molecular complexity index is 539. The molecule has 0 unspecified atom stereocenters. The summed E-state index contributed by atoms with van der Waals surface area (Å²) >= 11 is 3.36. The fourth-order valence-electron chi connectivity index (χ4n) is 1.49. The Morgan fingerprint density at radius 1 is 1.50 bits per heavy atom. The zero-order valence-corrected chi connectivity index (χ0v) is 10.3. The monoisotopic (exact) mass is 276 g/mol. The lowest BCUT2D eigenvalue weighted by atomic mass is 10.3. The van der Waals surface area contributed by atoms with Gasteiger partial charge in [-0.05, 0) is 28.1 Å². The van der Waals surface area contributed by atoms with Gasteiger partial charge in [-0.3, -0.25) is 4.98 Å². The first-order valence-corrected chi connectivity index (χ1v) is 5.52. The van der Waals surface area contributed by atoms with Crippen molar-refractivity contribution < 1.29 is 0 Å². The molecule has 2 heterocycles. The maximum Gasteiger partial charge on any atom is 0.159 e. The molecule has 0 radical (unpaired) electrons. The number of pyridine rings is 1. The largest absolute Gasteiger partial charge is 0.328 e. The molecule has 16 heavy (non-hydrogen) atoms. The first-order chi connectivity index (χ1) is 7.74. The van der Waals surface area contributed by atoms with Gasteiger partial charge in [0.2, 0.25) is 0 Å². The molecule has 0 aliphatic heterocycles. The van der Waals surface area contributed by atoms with E-state index < -0.39 is 0 Å². The van der Waals surface area contributed by atoms with Crippen LogP contribution >= 0.6 is 15.9 Å². The number of hydrogen-bond acceptors (Lipinski definition) is 3. The lowest BCUT2D eigenvalue weighted by molar-refractivity contribution is 0.857. The summed E-state index contributed by atoms with van der Waals surface area (Å²) in [5, 5.41) is 8.72. The molecule has 0 aromatic carbocycles. The number of rotatable bonds is 2. The van der Waals surface area contributed by atoms with Gasteiger partial charge in [0.25, 0.3) is 0 Å². The maximum atomic E-state index is 8.72. The Kier molecular flexibility index (Phi) is 3.02. The molecule has 2 rings (SSSR count). The number of halogens is 1. The second kappa shape index (κ2) is 4.45. The predicted molar refractivity (Wildman–Crippen MR) is 63.5 cm³/mol. The van der Waals surface area contributed by atoms with Crippen molar-refractivity contribution in [2.24, 2.45) is 7.05 Å². The van der Waals surface area contributed by atoms with Crippen LogP contribution in [0.5, 0.6) is 0 Å². The number of imidazole rings is 1. The van der Waals surface area contributed by atoms with Crippen LogP contribution < -0.4 is 0 Å². The van der Waals surface area contributed by atoms with E-state index in [9.17, 15) is 0 Å². The summed E-state index contributed by atoms with van der Waals surface area (Å²) < 4.78 is 2.59. The zero-order chi connectivity index (χ0) is 11.5. The number of nitrogens with zero attached hydrogens (tertiary/aromatic N) is 4. The Balaban J connectivity index is 2.53. The van der Waals surface area contributed by atoms with Crippen LogP contribution in [-0.4, -0.2) is 14.5 Å². The quantitative estimate of drug-likeness (QED) is 0.846. The van der Waals surface area contributed by atoms with E-state index in [2.05, 4.69) is 32.0 Å². The Morgan fingerprint density at radius 3 is 2.94 bits per heavy atom. The molecule has 2 aromatic heterocycles. The average Bonchev–Trinajstić information content (AvgIpc) is 2.59. The molecular formula is C11H9BrN4. The van der Waals surface area contributed by atoms with Crippen LogP contribution in [0.4, 0.5) is 0 Å². The molecule has 0 spiro atoms. The normalized spacial score (nSPS) is 10.1. The van der Waals surface area contributed by atoms with Gasteiger partial charge < -0.3 is 4.57 Å². The highest BCUT2D eigenvalue weighted by atomic mass is 79.9. The third-order valence-corrected chi connectivity index (χ3v) is 2.94. The van der Waals surface area contributed by atoms with E-state index in [0.717, 1.165) is 17.2 Å². The van der Waals surface area contributed by atoms with Crippen molar-refractivity contribution in [3.8, 4) is 17.6 Å². The van der Waals surface area contributed by atoms with Crippen LogP contribution in [0.2, 0.25) is 0 Å². The molecule has 0 N–H and O–H groups in total. The molecular weight excluding hydrogens is 268 g/mol. The summed E-state index contributed by atoms with van der Waals surface area (Å²) in [5.41, 5.74) is 1.66.